The van der Waals surface area contributed by atoms with Crippen LogP contribution in [0.5, 0.6) is 11.5 Å². The quantitative estimate of drug-likeness (QED) is 0.308. The standard InChI is InChI=1S/C22H19ClN2O4/c1-2-29-19-9-7-18(8-10-19)24-14-17-12-15(13-21(22(17)26)25(27)28)11-16-5-3-4-6-20(16)23/h3-10,12-14,26H,2,11H2,1H3. The van der Waals surface area contributed by atoms with Gasteiger partial charge in [0.15, 0.2) is 0 Å². The molecule has 1 N–H and O–H groups in total. The van der Waals surface area contributed by atoms with Crippen LogP contribution < -0.4 is 4.74 Å². The molecule has 3 rings (SSSR count). The Morgan fingerprint density at radius 3 is 2.55 bits per heavy atom. The molecular weight excluding hydrogens is 392 g/mol. The van der Waals surface area contributed by atoms with Gasteiger partial charge in [-0.1, -0.05) is 29.8 Å². The molecule has 0 aromatic heterocycles. The van der Waals surface area contributed by atoms with Gasteiger partial charge < -0.3 is 9.84 Å². The molecule has 0 saturated heterocycles. The maximum absolute atomic E-state index is 11.4. The summed E-state index contributed by atoms with van der Waals surface area (Å²) in [5, 5.41) is 22.3. The minimum Gasteiger partial charge on any atom is -0.502 e. The van der Waals surface area contributed by atoms with Crippen LogP contribution in [0.4, 0.5) is 11.4 Å². The molecule has 6 nitrogen and oxygen atoms in total. The second kappa shape index (κ2) is 9.21. The van der Waals surface area contributed by atoms with E-state index >= 15 is 0 Å². The fourth-order valence-electron chi connectivity index (χ4n) is 2.84. The van der Waals surface area contributed by atoms with Gasteiger partial charge in [-0.05, 0) is 60.9 Å². The zero-order valence-corrected chi connectivity index (χ0v) is 16.5. The number of nitro benzene ring substituents is 1. The lowest BCUT2D eigenvalue weighted by atomic mass is 10.0. The van der Waals surface area contributed by atoms with Gasteiger partial charge in [0.2, 0.25) is 5.75 Å². The van der Waals surface area contributed by atoms with Crippen molar-refractivity contribution < 1.29 is 14.8 Å². The van der Waals surface area contributed by atoms with E-state index in [1.165, 1.54) is 12.3 Å². The predicted molar refractivity (Wildman–Crippen MR) is 114 cm³/mol. The van der Waals surface area contributed by atoms with Gasteiger partial charge in [-0.2, -0.15) is 0 Å². The molecule has 29 heavy (non-hydrogen) atoms. The second-order valence-electron chi connectivity index (χ2n) is 6.26. The Morgan fingerprint density at radius 2 is 1.90 bits per heavy atom. The fraction of sp³-hybridized carbons (Fsp3) is 0.136. The van der Waals surface area contributed by atoms with Crippen molar-refractivity contribution in [2.75, 3.05) is 6.61 Å². The fourth-order valence-corrected chi connectivity index (χ4v) is 3.04. The molecule has 0 atom stereocenters. The van der Waals surface area contributed by atoms with Gasteiger partial charge in [-0.3, -0.25) is 15.1 Å². The molecule has 3 aromatic carbocycles. The molecule has 0 spiro atoms. The Labute approximate surface area is 173 Å². The normalized spacial score (nSPS) is 11.0. The summed E-state index contributed by atoms with van der Waals surface area (Å²) in [6.07, 6.45) is 1.80. The molecule has 0 heterocycles. The van der Waals surface area contributed by atoms with E-state index in [2.05, 4.69) is 4.99 Å². The number of aliphatic imine (C=N–C) groups is 1. The lowest BCUT2D eigenvalue weighted by Gasteiger charge is -2.08. The Kier molecular flexibility index (Phi) is 6.46. The zero-order valence-electron chi connectivity index (χ0n) is 15.7. The summed E-state index contributed by atoms with van der Waals surface area (Å²) in [5.41, 5.74) is 2.00. The van der Waals surface area contributed by atoms with Crippen molar-refractivity contribution in [3.05, 3.63) is 92.5 Å². The second-order valence-corrected chi connectivity index (χ2v) is 6.67. The average Bonchev–Trinajstić information content (AvgIpc) is 2.71. The molecule has 0 fully saturated rings. The van der Waals surface area contributed by atoms with Crippen LogP contribution in [0.15, 0.2) is 65.7 Å². The molecule has 3 aromatic rings. The number of hydrogen-bond acceptors (Lipinski definition) is 5. The number of rotatable bonds is 7. The van der Waals surface area contributed by atoms with E-state index in [0.29, 0.717) is 29.3 Å². The number of ether oxygens (including phenoxy) is 1. The monoisotopic (exact) mass is 410 g/mol. The van der Waals surface area contributed by atoms with Crippen LogP contribution in [0.25, 0.3) is 0 Å². The molecule has 148 valence electrons. The van der Waals surface area contributed by atoms with E-state index in [9.17, 15) is 15.2 Å². The largest absolute Gasteiger partial charge is 0.502 e. The van der Waals surface area contributed by atoms with E-state index in [1.807, 2.05) is 25.1 Å². The first-order chi connectivity index (χ1) is 14.0. The topological polar surface area (TPSA) is 85.0 Å². The lowest BCUT2D eigenvalue weighted by molar-refractivity contribution is -0.385. The number of hydrogen-bond donors (Lipinski definition) is 1. The van der Waals surface area contributed by atoms with Crippen LogP contribution >= 0.6 is 11.6 Å². The minimum absolute atomic E-state index is 0.259. The van der Waals surface area contributed by atoms with Gasteiger partial charge in [0.1, 0.15) is 5.75 Å². The van der Waals surface area contributed by atoms with E-state index in [-0.39, 0.29) is 11.3 Å². The molecule has 0 radical (unpaired) electrons. The van der Waals surface area contributed by atoms with E-state index in [0.717, 1.165) is 11.3 Å². The summed E-state index contributed by atoms with van der Waals surface area (Å²) in [4.78, 5) is 15.1. The van der Waals surface area contributed by atoms with Gasteiger partial charge in [0.05, 0.1) is 17.2 Å². The lowest BCUT2D eigenvalue weighted by Crippen LogP contribution is -1.97. The molecule has 0 aliphatic rings. The van der Waals surface area contributed by atoms with Crippen molar-refractivity contribution in [1.29, 1.82) is 0 Å². The first kappa shape index (κ1) is 20.4. The van der Waals surface area contributed by atoms with Crippen LogP contribution in [0.2, 0.25) is 5.02 Å². The van der Waals surface area contributed by atoms with Gasteiger partial charge in [-0.25, -0.2) is 0 Å². The number of phenols is 1. The average molecular weight is 411 g/mol. The Morgan fingerprint density at radius 1 is 1.17 bits per heavy atom. The first-order valence-corrected chi connectivity index (χ1v) is 9.36. The van der Waals surface area contributed by atoms with Gasteiger partial charge in [0, 0.05) is 22.9 Å². The maximum Gasteiger partial charge on any atom is 0.311 e. The smallest absolute Gasteiger partial charge is 0.311 e. The van der Waals surface area contributed by atoms with E-state index < -0.39 is 10.7 Å². The summed E-state index contributed by atoms with van der Waals surface area (Å²) >= 11 is 6.20. The number of halogens is 1. The van der Waals surface area contributed by atoms with E-state index in [1.54, 1.807) is 36.4 Å². The Bertz CT molecular complexity index is 1050. The van der Waals surface area contributed by atoms with Gasteiger partial charge >= 0.3 is 5.69 Å². The third-order valence-corrected chi connectivity index (χ3v) is 4.60. The molecule has 0 amide bonds. The van der Waals surface area contributed by atoms with Crippen molar-refractivity contribution in [3.8, 4) is 11.5 Å². The van der Waals surface area contributed by atoms with Crippen molar-refractivity contribution in [2.24, 2.45) is 4.99 Å². The highest BCUT2D eigenvalue weighted by atomic mass is 35.5. The highest BCUT2D eigenvalue weighted by Crippen LogP contribution is 2.32. The summed E-state index contributed by atoms with van der Waals surface area (Å²) in [6.45, 7) is 2.47. The summed E-state index contributed by atoms with van der Waals surface area (Å²) in [7, 11) is 0. The Balaban J connectivity index is 1.93. The zero-order chi connectivity index (χ0) is 20.8. The maximum atomic E-state index is 11.4. The molecule has 0 aliphatic carbocycles. The van der Waals surface area contributed by atoms with Crippen molar-refractivity contribution >= 4 is 29.2 Å². The highest BCUT2D eigenvalue weighted by Gasteiger charge is 2.19. The summed E-state index contributed by atoms with van der Waals surface area (Å²) in [5.74, 6) is 0.305. The van der Waals surface area contributed by atoms with E-state index in [4.69, 9.17) is 16.3 Å². The number of benzene rings is 3. The molecule has 7 heteroatoms. The molecule has 0 bridgehead atoms. The van der Waals surface area contributed by atoms with Crippen LogP contribution in [0.3, 0.4) is 0 Å². The molecule has 0 aliphatic heterocycles. The number of nitro groups is 1. The summed E-state index contributed by atoms with van der Waals surface area (Å²) in [6, 6.07) is 17.4. The predicted octanol–water partition coefficient (Wildman–Crippen LogP) is 5.69. The van der Waals surface area contributed by atoms with Crippen LogP contribution in [-0.4, -0.2) is 22.9 Å². The number of nitrogens with zero attached hydrogens (tertiary/aromatic N) is 2. The first-order valence-electron chi connectivity index (χ1n) is 8.98. The third-order valence-electron chi connectivity index (χ3n) is 4.23. The van der Waals surface area contributed by atoms with Gasteiger partial charge in [0.25, 0.3) is 0 Å². The van der Waals surface area contributed by atoms with Gasteiger partial charge in [-0.15, -0.1) is 0 Å². The SMILES string of the molecule is CCOc1ccc(N=Cc2cc(Cc3ccccc3Cl)cc([N+](=O)[O-])c2O)cc1. The molecule has 0 unspecified atom stereocenters. The van der Waals surface area contributed by atoms with Crippen LogP contribution in [0, 0.1) is 10.1 Å². The number of phenolic OH excluding ortho intramolecular Hbond substituents is 1. The minimum atomic E-state index is -0.611. The number of aromatic hydroxyl groups is 1. The van der Waals surface area contributed by atoms with Crippen LogP contribution in [0.1, 0.15) is 23.6 Å². The van der Waals surface area contributed by atoms with Crippen LogP contribution in [-0.2, 0) is 6.42 Å². The highest BCUT2D eigenvalue weighted by molar-refractivity contribution is 6.31. The molecule has 0 saturated carbocycles. The molecular formula is C22H19ClN2O4. The van der Waals surface area contributed by atoms with Crippen molar-refractivity contribution in [3.63, 3.8) is 0 Å². The summed E-state index contributed by atoms with van der Waals surface area (Å²) < 4.78 is 5.39. The van der Waals surface area contributed by atoms with Crippen molar-refractivity contribution in [1.82, 2.24) is 0 Å². The Hall–Kier alpha value is -3.38. The van der Waals surface area contributed by atoms with Crippen molar-refractivity contribution in [2.45, 2.75) is 13.3 Å². The third kappa shape index (κ3) is 5.12.